The van der Waals surface area contributed by atoms with Crippen LogP contribution in [0.4, 0.5) is 0 Å². The van der Waals surface area contributed by atoms with E-state index < -0.39 is 12.1 Å². The second-order valence-electron chi connectivity index (χ2n) is 20.7. The lowest BCUT2D eigenvalue weighted by molar-refractivity contribution is -0.123. The summed E-state index contributed by atoms with van der Waals surface area (Å²) in [4.78, 5) is 12.5. The molecule has 0 aliphatic heterocycles. The Balaban J connectivity index is 3.72. The third-order valence-electron chi connectivity index (χ3n) is 13.4. The number of aliphatic hydroxyl groups excluding tert-OH is 2. The van der Waals surface area contributed by atoms with E-state index in [1.165, 1.54) is 128 Å². The molecule has 4 nitrogen and oxygen atoms in total. The number of unbranched alkanes of at least 4 members (excludes halogenated alkanes) is 23. The summed E-state index contributed by atoms with van der Waals surface area (Å²) < 4.78 is 0. The number of aliphatic hydroxyl groups is 2. The predicted octanol–water partition coefficient (Wildman–Crippen LogP) is 21.9. The van der Waals surface area contributed by atoms with E-state index >= 15 is 0 Å². The fourth-order valence-electron chi connectivity index (χ4n) is 8.65. The molecule has 0 saturated carbocycles. The van der Waals surface area contributed by atoms with Crippen LogP contribution in [0.2, 0.25) is 0 Å². The fourth-order valence-corrected chi connectivity index (χ4v) is 8.65. The smallest absolute Gasteiger partial charge is 0.220 e. The van der Waals surface area contributed by atoms with E-state index in [1.807, 2.05) is 6.08 Å². The Morgan fingerprint density at radius 3 is 0.909 bits per heavy atom. The van der Waals surface area contributed by atoms with Gasteiger partial charge in [0.25, 0.3) is 0 Å². The van der Waals surface area contributed by atoms with Crippen molar-refractivity contribution in [1.82, 2.24) is 5.32 Å². The summed E-state index contributed by atoms with van der Waals surface area (Å²) in [6.45, 7) is 4.17. The largest absolute Gasteiger partial charge is 0.394 e. The van der Waals surface area contributed by atoms with Gasteiger partial charge in [0, 0.05) is 6.42 Å². The molecule has 4 heteroatoms. The van der Waals surface area contributed by atoms with Gasteiger partial charge in [-0.05, 0) is 122 Å². The van der Waals surface area contributed by atoms with Crippen molar-refractivity contribution in [3.8, 4) is 0 Å². The van der Waals surface area contributed by atoms with Crippen LogP contribution in [0.5, 0.6) is 0 Å². The number of carbonyl (C=O) groups excluding carboxylic acids is 1. The maximum absolute atomic E-state index is 12.5. The van der Waals surface area contributed by atoms with Crippen molar-refractivity contribution < 1.29 is 15.0 Å². The molecule has 0 aliphatic rings. The van der Waals surface area contributed by atoms with Gasteiger partial charge in [0.2, 0.25) is 5.91 Å². The summed E-state index contributed by atoms with van der Waals surface area (Å²) in [6, 6.07) is -0.677. The Morgan fingerprint density at radius 2 is 0.584 bits per heavy atom. The molecule has 434 valence electrons. The lowest BCUT2D eigenvalue weighted by atomic mass is 10.0. The second kappa shape index (κ2) is 66.0. The van der Waals surface area contributed by atoms with Crippen molar-refractivity contribution in [2.24, 2.45) is 0 Å². The molecule has 2 unspecified atom stereocenters. The van der Waals surface area contributed by atoms with E-state index in [-0.39, 0.29) is 12.5 Å². The standard InChI is InChI=1S/C73H119NO3/c1-3-5-7-9-11-13-15-17-19-21-23-25-27-29-31-32-33-34-35-36-37-38-39-40-41-42-43-45-47-49-51-53-55-57-59-61-63-65-67-69-73(77)74-71(70-75)72(76)68-66-64-62-60-58-56-54-52-50-48-46-44-30-28-26-24-22-20-18-16-14-12-10-8-6-4-2/h5,7,11,13,17,19,23,25,29,31,33-34,36-37,39-40,42-43,47,49,53,55,58-61,66,68,71-72,75-76H,3-4,6,8-10,12,14-16,18,20-22,24,26-28,30,32,35,38,41,44-46,48,50-52,54,56-57,62-65,67,69-70H2,1-2H3,(H,74,77)/b7-5-,13-11-,19-17-,25-23-,31-29-,34-33-,37-36-,40-39-,43-42-,49-47-,55-53-,60-58+,61-59-,68-66+. The van der Waals surface area contributed by atoms with Gasteiger partial charge >= 0.3 is 0 Å². The summed E-state index contributed by atoms with van der Waals surface area (Å²) in [7, 11) is 0. The zero-order valence-corrected chi connectivity index (χ0v) is 49.9. The van der Waals surface area contributed by atoms with Crippen LogP contribution in [-0.4, -0.2) is 34.9 Å². The Kier molecular flexibility index (Phi) is 62.4. The molecule has 2 atom stereocenters. The van der Waals surface area contributed by atoms with E-state index in [0.29, 0.717) is 6.42 Å². The molecule has 0 fully saturated rings. The van der Waals surface area contributed by atoms with E-state index in [9.17, 15) is 15.0 Å². The zero-order valence-electron chi connectivity index (χ0n) is 49.9. The number of carbonyl (C=O) groups is 1. The molecule has 0 spiro atoms. The van der Waals surface area contributed by atoms with E-state index in [2.05, 4.69) is 177 Å². The average Bonchev–Trinajstić information content (AvgIpc) is 3.43. The molecule has 0 radical (unpaired) electrons. The molecular formula is C73H119NO3. The molecule has 0 aliphatic carbocycles. The van der Waals surface area contributed by atoms with Crippen molar-refractivity contribution >= 4 is 5.91 Å². The van der Waals surface area contributed by atoms with Gasteiger partial charge in [-0.3, -0.25) is 4.79 Å². The molecule has 3 N–H and O–H groups in total. The Bertz CT molecular complexity index is 1670. The SMILES string of the molecule is CC/C=C\C/C=C\C/C=C\C/C=C\C/C=C\C/C=C\C/C=C\C/C=C\C/C=C\C/C=C\C/C=C\C/C=C\CCCCC(=O)NC(CO)C(O)/C=C/CC/C=C/CCCCCCCCCCCCCCCCCCCCCC. The molecule has 0 aromatic heterocycles. The van der Waals surface area contributed by atoms with Gasteiger partial charge in [0.1, 0.15) is 0 Å². The lowest BCUT2D eigenvalue weighted by Gasteiger charge is -2.19. The molecule has 1 amide bonds. The predicted molar refractivity (Wildman–Crippen MR) is 344 cm³/mol. The molecule has 0 saturated heterocycles. The molecule has 0 heterocycles. The van der Waals surface area contributed by atoms with Gasteiger partial charge in [-0.15, -0.1) is 0 Å². The zero-order chi connectivity index (χ0) is 55.5. The van der Waals surface area contributed by atoms with Crippen molar-refractivity contribution in [2.75, 3.05) is 6.61 Å². The normalized spacial score (nSPS) is 14.0. The minimum atomic E-state index is -0.895. The Labute approximate surface area is 477 Å². The van der Waals surface area contributed by atoms with Crippen molar-refractivity contribution in [1.29, 1.82) is 0 Å². The summed E-state index contributed by atoms with van der Waals surface area (Å²) >= 11 is 0. The highest BCUT2D eigenvalue weighted by Gasteiger charge is 2.17. The van der Waals surface area contributed by atoms with E-state index in [1.54, 1.807) is 6.08 Å². The molecule has 0 bridgehead atoms. The van der Waals surface area contributed by atoms with Gasteiger partial charge in [-0.1, -0.05) is 306 Å². The minimum absolute atomic E-state index is 0.121. The highest BCUT2D eigenvalue weighted by Crippen LogP contribution is 2.16. The van der Waals surface area contributed by atoms with Crippen molar-refractivity contribution in [3.05, 3.63) is 170 Å². The first-order chi connectivity index (χ1) is 38.2. The lowest BCUT2D eigenvalue weighted by Crippen LogP contribution is -2.45. The first kappa shape index (κ1) is 72.8. The summed E-state index contributed by atoms with van der Waals surface area (Å²) in [5, 5.41) is 23.2. The number of allylic oxidation sites excluding steroid dienone is 27. The van der Waals surface area contributed by atoms with Crippen molar-refractivity contribution in [3.63, 3.8) is 0 Å². The third-order valence-corrected chi connectivity index (χ3v) is 13.4. The summed E-state index contributed by atoms with van der Waals surface area (Å²) in [5.41, 5.74) is 0. The highest BCUT2D eigenvalue weighted by molar-refractivity contribution is 5.76. The first-order valence-corrected chi connectivity index (χ1v) is 31.8. The van der Waals surface area contributed by atoms with Gasteiger partial charge < -0.3 is 15.5 Å². The number of nitrogens with one attached hydrogen (secondary N) is 1. The summed E-state index contributed by atoms with van der Waals surface area (Å²) in [5.74, 6) is -0.121. The maximum atomic E-state index is 12.5. The maximum Gasteiger partial charge on any atom is 0.220 e. The highest BCUT2D eigenvalue weighted by atomic mass is 16.3. The van der Waals surface area contributed by atoms with Crippen LogP contribution in [0, 0.1) is 0 Å². The molecular weight excluding hydrogens is 939 g/mol. The van der Waals surface area contributed by atoms with Gasteiger partial charge in [-0.2, -0.15) is 0 Å². The van der Waals surface area contributed by atoms with Crippen LogP contribution in [0.25, 0.3) is 0 Å². The quantitative estimate of drug-likeness (QED) is 0.0420. The van der Waals surface area contributed by atoms with Crippen LogP contribution < -0.4 is 5.32 Å². The van der Waals surface area contributed by atoms with Gasteiger partial charge in [-0.25, -0.2) is 0 Å². The van der Waals surface area contributed by atoms with Crippen LogP contribution in [0.1, 0.15) is 264 Å². The Morgan fingerprint density at radius 1 is 0.325 bits per heavy atom. The van der Waals surface area contributed by atoms with Gasteiger partial charge in [0.15, 0.2) is 0 Å². The average molecular weight is 1060 g/mol. The van der Waals surface area contributed by atoms with E-state index in [0.717, 1.165) is 116 Å². The molecule has 0 rings (SSSR count). The fraction of sp³-hybridized carbons (Fsp3) is 0.603. The number of amides is 1. The summed E-state index contributed by atoms with van der Waals surface area (Å²) in [6.07, 6.45) is 107. The van der Waals surface area contributed by atoms with Crippen LogP contribution in [0.15, 0.2) is 170 Å². The van der Waals surface area contributed by atoms with Crippen LogP contribution in [-0.2, 0) is 4.79 Å². The number of hydrogen-bond acceptors (Lipinski definition) is 3. The van der Waals surface area contributed by atoms with E-state index in [4.69, 9.17) is 0 Å². The minimum Gasteiger partial charge on any atom is -0.394 e. The third kappa shape index (κ3) is 62.5. The van der Waals surface area contributed by atoms with Crippen LogP contribution >= 0.6 is 0 Å². The molecule has 77 heavy (non-hydrogen) atoms. The van der Waals surface area contributed by atoms with Crippen molar-refractivity contribution in [2.45, 2.75) is 276 Å². The Hall–Kier alpha value is -4.25. The number of rotatable bonds is 56. The first-order valence-electron chi connectivity index (χ1n) is 31.8. The van der Waals surface area contributed by atoms with Crippen LogP contribution in [0.3, 0.4) is 0 Å². The number of hydrogen-bond donors (Lipinski definition) is 3. The van der Waals surface area contributed by atoms with Gasteiger partial charge in [0.05, 0.1) is 18.8 Å². The monoisotopic (exact) mass is 1060 g/mol. The molecule has 0 aromatic carbocycles. The second-order valence-corrected chi connectivity index (χ2v) is 20.7. The molecule has 0 aromatic rings. The topological polar surface area (TPSA) is 69.6 Å².